The molecule has 2 heterocycles. The maximum Gasteiger partial charge on any atom is 0.311 e. The molecule has 0 N–H and O–H groups in total. The van der Waals surface area contributed by atoms with Gasteiger partial charge in [-0.1, -0.05) is 52.4 Å². The molecule has 1 unspecified atom stereocenters. The number of ether oxygens (including phenoxy) is 1. The van der Waals surface area contributed by atoms with Crippen molar-refractivity contribution >= 4 is 51.6 Å². The van der Waals surface area contributed by atoms with Crippen LogP contribution in [0.5, 0.6) is 0 Å². The van der Waals surface area contributed by atoms with Gasteiger partial charge in [0.15, 0.2) is 0 Å². The smallest absolute Gasteiger partial charge is 0.311 e. The first-order valence-corrected chi connectivity index (χ1v) is 13.2. The Balaban J connectivity index is 1.35. The van der Waals surface area contributed by atoms with Crippen molar-refractivity contribution in [2.24, 2.45) is 5.10 Å². The van der Waals surface area contributed by atoms with Crippen molar-refractivity contribution in [3.8, 4) is 0 Å². The normalized spacial score (nSPS) is 18.5. The largest absolute Gasteiger partial charge is 0.466 e. The summed E-state index contributed by atoms with van der Waals surface area (Å²) in [6.45, 7) is 7.59. The molecule has 2 aliphatic rings. The minimum absolute atomic E-state index is 0.0373. The summed E-state index contributed by atoms with van der Waals surface area (Å²) in [5.41, 5.74) is 3.02. The van der Waals surface area contributed by atoms with E-state index in [-0.39, 0.29) is 22.3 Å². The summed E-state index contributed by atoms with van der Waals surface area (Å²) in [7, 11) is 0. The lowest BCUT2D eigenvalue weighted by Crippen LogP contribution is -2.47. The van der Waals surface area contributed by atoms with Crippen LogP contribution in [-0.4, -0.2) is 67.5 Å². The fourth-order valence-electron chi connectivity index (χ4n) is 4.44. The monoisotopic (exact) mass is 598 g/mol. The Bertz CT molecular complexity index is 1050. The minimum Gasteiger partial charge on any atom is -0.466 e. The summed E-state index contributed by atoms with van der Waals surface area (Å²) in [6, 6.07) is 13.0. The number of alkyl halides is 1. The number of hydrazone groups is 1. The Labute approximate surface area is 218 Å². The van der Waals surface area contributed by atoms with Crippen LogP contribution in [0.15, 0.2) is 47.6 Å². The van der Waals surface area contributed by atoms with Crippen molar-refractivity contribution in [3.63, 3.8) is 0 Å². The van der Waals surface area contributed by atoms with Crippen molar-refractivity contribution in [1.29, 1.82) is 0 Å². The van der Waals surface area contributed by atoms with Gasteiger partial charge in [-0.15, -0.1) is 0 Å². The molecule has 4 rings (SSSR count). The number of carbonyl (C=O) groups is 1. The minimum atomic E-state index is -0.346. The topological polar surface area (TPSA) is 48.4 Å². The van der Waals surface area contributed by atoms with Crippen LogP contribution < -0.4 is 4.90 Å². The number of hydrogen-bond donors (Lipinski definition) is 0. The van der Waals surface area contributed by atoms with E-state index in [0.29, 0.717) is 30.0 Å². The van der Waals surface area contributed by atoms with Gasteiger partial charge in [-0.2, -0.15) is 5.10 Å². The van der Waals surface area contributed by atoms with E-state index in [0.717, 1.165) is 49.9 Å². The van der Waals surface area contributed by atoms with Crippen molar-refractivity contribution in [2.75, 3.05) is 50.8 Å². The molecule has 1 atom stereocenters. The second-order valence-electron chi connectivity index (χ2n) is 8.39. The first kappa shape index (κ1) is 25.2. The molecule has 0 bridgehead atoms. The van der Waals surface area contributed by atoms with Crippen molar-refractivity contribution < 1.29 is 13.9 Å². The molecule has 1 fully saturated rings. The molecule has 2 aliphatic heterocycles. The van der Waals surface area contributed by atoms with E-state index in [1.165, 1.54) is 6.07 Å². The Hall–Kier alpha value is -1.91. The first-order chi connectivity index (χ1) is 16.5. The molecule has 2 aromatic carbocycles. The SMILES string of the molecule is CCOC(=O)CC1=NN(CCCN2CCN(c3cccc(Cl)c3)CC2)C(I)c2c(F)cccc21. The molecule has 9 heteroatoms. The third-order valence-corrected chi connectivity index (χ3v) is 7.64. The Morgan fingerprint density at radius 3 is 2.68 bits per heavy atom. The van der Waals surface area contributed by atoms with Gasteiger partial charge in [-0.3, -0.25) is 14.7 Å². The van der Waals surface area contributed by atoms with Gasteiger partial charge in [0.2, 0.25) is 0 Å². The predicted molar refractivity (Wildman–Crippen MR) is 142 cm³/mol. The second-order valence-corrected chi connectivity index (χ2v) is 10.0. The van der Waals surface area contributed by atoms with Gasteiger partial charge in [0.25, 0.3) is 0 Å². The zero-order valence-electron chi connectivity index (χ0n) is 19.2. The van der Waals surface area contributed by atoms with E-state index in [1.807, 2.05) is 29.3 Å². The molecular weight excluding hydrogens is 570 g/mol. The lowest BCUT2D eigenvalue weighted by atomic mass is 9.98. The molecule has 0 aromatic heterocycles. The maximum absolute atomic E-state index is 14.7. The molecule has 0 radical (unpaired) electrons. The highest BCUT2D eigenvalue weighted by molar-refractivity contribution is 14.1. The number of nitrogens with zero attached hydrogens (tertiary/aromatic N) is 4. The fourth-order valence-corrected chi connectivity index (χ4v) is 5.66. The molecule has 0 saturated carbocycles. The van der Waals surface area contributed by atoms with Gasteiger partial charge in [0.05, 0.1) is 18.7 Å². The summed E-state index contributed by atoms with van der Waals surface area (Å²) < 4.78 is 19.6. The Morgan fingerprint density at radius 1 is 1.18 bits per heavy atom. The van der Waals surface area contributed by atoms with Crippen LogP contribution in [0.25, 0.3) is 0 Å². The van der Waals surface area contributed by atoms with E-state index < -0.39 is 0 Å². The summed E-state index contributed by atoms with van der Waals surface area (Å²) in [6.07, 6.45) is 0.937. The number of esters is 1. The number of hydrogen-bond acceptors (Lipinski definition) is 6. The maximum atomic E-state index is 14.7. The van der Waals surface area contributed by atoms with E-state index in [4.69, 9.17) is 21.4 Å². The molecule has 0 aliphatic carbocycles. The molecule has 182 valence electrons. The number of halogens is 3. The average molecular weight is 599 g/mol. The number of anilines is 1. The summed E-state index contributed by atoms with van der Waals surface area (Å²) >= 11 is 8.37. The van der Waals surface area contributed by atoms with Crippen LogP contribution in [0.3, 0.4) is 0 Å². The quantitative estimate of drug-likeness (QED) is 0.183. The van der Waals surface area contributed by atoms with E-state index >= 15 is 0 Å². The highest BCUT2D eigenvalue weighted by Gasteiger charge is 2.30. The van der Waals surface area contributed by atoms with Crippen molar-refractivity contribution in [2.45, 2.75) is 23.8 Å². The zero-order valence-corrected chi connectivity index (χ0v) is 22.1. The van der Waals surface area contributed by atoms with Gasteiger partial charge in [-0.05, 0) is 37.6 Å². The van der Waals surface area contributed by atoms with E-state index in [2.05, 4.69) is 38.5 Å². The highest BCUT2D eigenvalue weighted by atomic mass is 127. The number of carbonyl (C=O) groups excluding carboxylic acids is 1. The number of piperazine rings is 1. The standard InChI is InChI=1S/C25H29ClFIN4O2/c1-2-34-23(33)17-22-20-8-4-9-21(27)24(20)25(28)32(29-22)11-5-10-30-12-14-31(15-13-30)19-7-3-6-18(26)16-19/h3-4,6-9,16,25H,2,5,10-15,17H2,1H3. The van der Waals surface area contributed by atoms with Crippen LogP contribution in [-0.2, 0) is 9.53 Å². The fraction of sp³-hybridized carbons (Fsp3) is 0.440. The van der Waals surface area contributed by atoms with Gasteiger partial charge in [0.1, 0.15) is 9.87 Å². The zero-order chi connectivity index (χ0) is 24.1. The van der Waals surface area contributed by atoms with Gasteiger partial charge in [0, 0.05) is 61.1 Å². The molecule has 0 spiro atoms. The van der Waals surface area contributed by atoms with E-state index in [9.17, 15) is 9.18 Å². The number of fused-ring (bicyclic) bond motifs is 1. The van der Waals surface area contributed by atoms with Gasteiger partial charge < -0.3 is 9.64 Å². The second kappa shape index (κ2) is 11.7. The predicted octanol–water partition coefficient (Wildman–Crippen LogP) is 5.10. The van der Waals surface area contributed by atoms with Gasteiger partial charge >= 0.3 is 5.97 Å². The number of rotatable bonds is 8. The third-order valence-electron chi connectivity index (χ3n) is 6.14. The lowest BCUT2D eigenvalue weighted by molar-refractivity contribution is -0.141. The lowest BCUT2D eigenvalue weighted by Gasteiger charge is -2.37. The highest BCUT2D eigenvalue weighted by Crippen LogP contribution is 2.37. The summed E-state index contributed by atoms with van der Waals surface area (Å²) in [5, 5.41) is 7.41. The third kappa shape index (κ3) is 6.01. The van der Waals surface area contributed by atoms with Crippen LogP contribution in [0.1, 0.15) is 34.9 Å². The molecule has 34 heavy (non-hydrogen) atoms. The summed E-state index contributed by atoms with van der Waals surface area (Å²) in [5.74, 6) is -0.615. The van der Waals surface area contributed by atoms with Crippen LogP contribution in [0.2, 0.25) is 5.02 Å². The molecule has 6 nitrogen and oxygen atoms in total. The molecular formula is C25H29ClFIN4O2. The van der Waals surface area contributed by atoms with Crippen LogP contribution in [0, 0.1) is 5.82 Å². The first-order valence-electron chi connectivity index (χ1n) is 11.6. The van der Waals surface area contributed by atoms with Crippen LogP contribution in [0.4, 0.5) is 10.1 Å². The molecule has 2 aromatic rings. The average Bonchev–Trinajstić information content (AvgIpc) is 2.82. The number of benzene rings is 2. The Morgan fingerprint density at radius 2 is 1.94 bits per heavy atom. The van der Waals surface area contributed by atoms with Gasteiger partial charge in [-0.25, -0.2) is 4.39 Å². The summed E-state index contributed by atoms with van der Waals surface area (Å²) in [4.78, 5) is 16.9. The molecule has 0 amide bonds. The van der Waals surface area contributed by atoms with E-state index in [1.54, 1.807) is 13.0 Å². The van der Waals surface area contributed by atoms with Crippen molar-refractivity contribution in [1.82, 2.24) is 9.91 Å². The van der Waals surface area contributed by atoms with Crippen LogP contribution >= 0.6 is 34.2 Å². The Kier molecular flexibility index (Phi) is 8.65. The molecule has 1 saturated heterocycles. The van der Waals surface area contributed by atoms with Crippen molar-refractivity contribution in [3.05, 3.63) is 64.4 Å².